The molecule has 0 radical (unpaired) electrons. The van der Waals surface area contributed by atoms with E-state index in [1.165, 1.54) is 6.42 Å². The highest BCUT2D eigenvalue weighted by Gasteiger charge is 2.37. The Kier molecular flexibility index (Phi) is 0.487. The first kappa shape index (κ1) is 3.45. The van der Waals surface area contributed by atoms with E-state index in [9.17, 15) is 0 Å². The Labute approximate surface area is 42.3 Å². The van der Waals surface area contributed by atoms with Crippen LogP contribution >= 0.6 is 0 Å². The van der Waals surface area contributed by atoms with Crippen LogP contribution in [0, 0.1) is 6.07 Å². The molecule has 2 nitrogen and oxygen atoms in total. The summed E-state index contributed by atoms with van der Waals surface area (Å²) in [7, 11) is 0. The Bertz CT molecular complexity index is 128. The smallest absolute Gasteiger partial charge is 0.291 e. The highest BCUT2D eigenvalue weighted by Crippen LogP contribution is 2.15. The second kappa shape index (κ2) is 0.988. The molecule has 1 fully saturated rings. The zero-order valence-corrected chi connectivity index (χ0v) is 4.02. The highest BCUT2D eigenvalue weighted by atomic mass is 15.0. The van der Waals surface area contributed by atoms with Gasteiger partial charge in [-0.3, -0.25) is 5.32 Å². The average Bonchev–Trinajstić information content (AvgIpc) is 2.22. The van der Waals surface area contributed by atoms with E-state index in [0.29, 0.717) is 12.1 Å². The Hall–Kier alpha value is -0.550. The van der Waals surface area contributed by atoms with E-state index in [1.54, 1.807) is 0 Å². The quantitative estimate of drug-likeness (QED) is 0.450. The van der Waals surface area contributed by atoms with E-state index in [2.05, 4.69) is 16.2 Å². The Morgan fingerprint density at radius 3 is 2.86 bits per heavy atom. The SMILES string of the molecule is C1#[N+]C2CNC1C2. The summed E-state index contributed by atoms with van der Waals surface area (Å²) in [5, 5.41) is 3.25. The number of hydrogen-bond acceptors (Lipinski definition) is 1. The van der Waals surface area contributed by atoms with Crippen LogP contribution < -0.4 is 5.32 Å². The fourth-order valence-corrected chi connectivity index (χ4v) is 1.11. The van der Waals surface area contributed by atoms with E-state index in [4.69, 9.17) is 0 Å². The van der Waals surface area contributed by atoms with Crippen molar-refractivity contribution < 1.29 is 0 Å². The van der Waals surface area contributed by atoms with E-state index >= 15 is 0 Å². The summed E-state index contributed by atoms with van der Waals surface area (Å²) in [6.07, 6.45) is 1.19. The van der Waals surface area contributed by atoms with Crippen LogP contribution in [0.5, 0.6) is 0 Å². The molecule has 36 valence electrons. The maximum Gasteiger partial charge on any atom is 0.292 e. The summed E-state index contributed by atoms with van der Waals surface area (Å²) in [6, 6.07) is 4.05. The Balaban J connectivity index is 2.33. The van der Waals surface area contributed by atoms with Crippen molar-refractivity contribution in [2.45, 2.75) is 18.5 Å². The standard InChI is InChI=1S/C5H7N2/c1-4-2-6-5(1)3-7-4/h4-6H,1-2H2/q+1. The predicted molar refractivity (Wildman–Crippen MR) is 27.4 cm³/mol. The lowest BCUT2D eigenvalue weighted by Crippen LogP contribution is -2.20. The molecule has 2 heteroatoms. The van der Waals surface area contributed by atoms with Gasteiger partial charge in [0.25, 0.3) is 12.1 Å². The van der Waals surface area contributed by atoms with Crippen LogP contribution in [0.15, 0.2) is 0 Å². The topological polar surface area (TPSA) is 16.4 Å². The summed E-state index contributed by atoms with van der Waals surface area (Å²) in [4.78, 5) is 4.09. The molecule has 7 heavy (non-hydrogen) atoms. The molecule has 0 aliphatic carbocycles. The van der Waals surface area contributed by atoms with Crippen LogP contribution in [0.25, 0.3) is 4.85 Å². The van der Waals surface area contributed by atoms with E-state index in [-0.39, 0.29) is 0 Å². The molecule has 1 N–H and O–H groups in total. The largest absolute Gasteiger partial charge is 0.292 e. The van der Waals surface area contributed by atoms with E-state index in [1.807, 2.05) is 0 Å². The normalized spacial score (nSPS) is 43.4. The molecule has 2 heterocycles. The fraction of sp³-hybridized carbons (Fsp3) is 0.800. The lowest BCUT2D eigenvalue weighted by Gasteiger charge is -1.87. The van der Waals surface area contributed by atoms with E-state index < -0.39 is 0 Å². The van der Waals surface area contributed by atoms with Gasteiger partial charge >= 0.3 is 0 Å². The number of rotatable bonds is 0. The number of hydrogen-bond donors (Lipinski definition) is 1. The summed E-state index contributed by atoms with van der Waals surface area (Å²) < 4.78 is 0. The third-order valence-electron chi connectivity index (χ3n) is 1.52. The van der Waals surface area contributed by atoms with Gasteiger partial charge in [-0.2, -0.15) is 0 Å². The summed E-state index contributed by atoms with van der Waals surface area (Å²) in [5.41, 5.74) is 0. The number of nitrogens with one attached hydrogen (secondary N) is 1. The molecule has 2 aliphatic rings. The third-order valence-corrected chi connectivity index (χ3v) is 1.52. The number of fused-ring (bicyclic) bond motifs is 2. The van der Waals surface area contributed by atoms with Gasteiger partial charge in [0.1, 0.15) is 6.04 Å². The average molecular weight is 95.1 g/mol. The monoisotopic (exact) mass is 95.1 g/mol. The Morgan fingerprint density at radius 1 is 1.71 bits per heavy atom. The first-order valence-corrected chi connectivity index (χ1v) is 2.64. The molecule has 0 spiro atoms. The van der Waals surface area contributed by atoms with Crippen LogP contribution in [0.4, 0.5) is 0 Å². The lowest BCUT2D eigenvalue weighted by molar-refractivity contribution is 0.747. The molecule has 2 rings (SSSR count). The van der Waals surface area contributed by atoms with Crippen molar-refractivity contribution in [3.05, 3.63) is 4.85 Å². The third kappa shape index (κ3) is 0.359. The first-order valence-electron chi connectivity index (χ1n) is 2.64. The van der Waals surface area contributed by atoms with Gasteiger partial charge in [0.15, 0.2) is 0 Å². The molecule has 0 saturated carbocycles. The van der Waals surface area contributed by atoms with Gasteiger partial charge in [0, 0.05) is 0 Å². The maximum absolute atomic E-state index is 4.09. The second-order valence-corrected chi connectivity index (χ2v) is 2.11. The minimum atomic E-state index is 0.505. The second-order valence-electron chi connectivity index (χ2n) is 2.11. The van der Waals surface area contributed by atoms with Crippen molar-refractivity contribution in [1.82, 2.24) is 5.32 Å². The van der Waals surface area contributed by atoms with Crippen molar-refractivity contribution in [1.29, 1.82) is 0 Å². The van der Waals surface area contributed by atoms with Crippen molar-refractivity contribution in [3.8, 4) is 6.07 Å². The molecule has 1 saturated heterocycles. The molecule has 2 aliphatic heterocycles. The van der Waals surface area contributed by atoms with Crippen molar-refractivity contribution >= 4 is 0 Å². The number of nitrogens with zero attached hydrogens (tertiary/aromatic N) is 1. The maximum atomic E-state index is 4.09. The van der Waals surface area contributed by atoms with Crippen LogP contribution in [-0.4, -0.2) is 18.6 Å². The van der Waals surface area contributed by atoms with Gasteiger partial charge in [-0.25, -0.2) is 0 Å². The highest BCUT2D eigenvalue weighted by molar-refractivity contribution is 5.17. The van der Waals surface area contributed by atoms with Crippen LogP contribution in [0.1, 0.15) is 6.42 Å². The van der Waals surface area contributed by atoms with E-state index in [0.717, 1.165) is 6.54 Å². The molecule has 2 bridgehead atoms. The van der Waals surface area contributed by atoms with Crippen LogP contribution in [0.2, 0.25) is 0 Å². The van der Waals surface area contributed by atoms with Gasteiger partial charge in [0.05, 0.1) is 13.0 Å². The fourth-order valence-electron chi connectivity index (χ4n) is 1.11. The van der Waals surface area contributed by atoms with Gasteiger partial charge < -0.3 is 0 Å². The molecule has 0 aromatic carbocycles. The van der Waals surface area contributed by atoms with Crippen molar-refractivity contribution in [2.75, 3.05) is 6.54 Å². The van der Waals surface area contributed by atoms with Gasteiger partial charge in [0.2, 0.25) is 0 Å². The lowest BCUT2D eigenvalue weighted by atomic mass is 10.2. The summed E-state index contributed by atoms with van der Waals surface area (Å²) >= 11 is 0. The van der Waals surface area contributed by atoms with Gasteiger partial charge in [-0.15, -0.1) is 0 Å². The predicted octanol–water partition coefficient (Wildman–Crippen LogP) is 0.0634. The minimum absolute atomic E-state index is 0.505. The summed E-state index contributed by atoms with van der Waals surface area (Å²) in [5.74, 6) is 0. The molecule has 2 atom stereocenters. The molecular formula is C5H7N2+. The minimum Gasteiger partial charge on any atom is -0.291 e. The summed E-state index contributed by atoms with van der Waals surface area (Å²) in [6.45, 7) is 1.08. The molecule has 0 amide bonds. The van der Waals surface area contributed by atoms with Crippen molar-refractivity contribution in [2.24, 2.45) is 0 Å². The molecule has 0 aromatic rings. The molecule has 2 unspecified atom stereocenters. The van der Waals surface area contributed by atoms with Gasteiger partial charge in [-0.1, -0.05) is 4.85 Å². The van der Waals surface area contributed by atoms with Crippen LogP contribution in [0.3, 0.4) is 0 Å². The van der Waals surface area contributed by atoms with Crippen LogP contribution in [-0.2, 0) is 0 Å². The van der Waals surface area contributed by atoms with Crippen molar-refractivity contribution in [3.63, 3.8) is 0 Å². The zero-order valence-electron chi connectivity index (χ0n) is 4.02. The first-order chi connectivity index (χ1) is 3.45. The molecule has 0 aromatic heterocycles. The molecular weight excluding hydrogens is 88.1 g/mol. The van der Waals surface area contributed by atoms with Gasteiger partial charge in [-0.05, 0) is 0 Å². The zero-order chi connectivity index (χ0) is 4.69. The Morgan fingerprint density at radius 2 is 2.71 bits per heavy atom.